The summed E-state index contributed by atoms with van der Waals surface area (Å²) in [4.78, 5) is 39.0. The molecule has 1 unspecified atom stereocenters. The number of aromatic carboxylic acids is 1. The van der Waals surface area contributed by atoms with Gasteiger partial charge in [-0.05, 0) is 57.5 Å². The minimum Gasteiger partial charge on any atom is -0.478 e. The fourth-order valence-corrected chi connectivity index (χ4v) is 4.92. The first kappa shape index (κ1) is 25.7. The van der Waals surface area contributed by atoms with Gasteiger partial charge in [0.05, 0.1) is 5.56 Å². The molecule has 1 atom stereocenters. The van der Waals surface area contributed by atoms with E-state index in [4.69, 9.17) is 9.84 Å². The van der Waals surface area contributed by atoms with Crippen molar-refractivity contribution in [1.29, 1.82) is 0 Å². The number of nitrogens with zero attached hydrogens (tertiary/aromatic N) is 1. The SMILES string of the molecule is CN(Cc1ccc(C(=O)O)cc1)C(=O)C(NC(=O)OCc1cccc2c1Cc1ccccc1-2)c1ccccc1. The van der Waals surface area contributed by atoms with Gasteiger partial charge in [0.1, 0.15) is 12.6 Å². The van der Waals surface area contributed by atoms with E-state index in [-0.39, 0.29) is 24.6 Å². The molecule has 0 fully saturated rings. The summed E-state index contributed by atoms with van der Waals surface area (Å²) < 4.78 is 5.61. The Hall–Kier alpha value is -4.91. The van der Waals surface area contributed by atoms with Crippen molar-refractivity contribution in [3.63, 3.8) is 0 Å². The topological polar surface area (TPSA) is 95.9 Å². The molecule has 0 aliphatic heterocycles. The van der Waals surface area contributed by atoms with Crippen molar-refractivity contribution in [3.05, 3.63) is 130 Å². The molecule has 2 N–H and O–H groups in total. The first-order valence-electron chi connectivity index (χ1n) is 12.6. The Bertz CT molecular complexity index is 1520. The van der Waals surface area contributed by atoms with Crippen LogP contribution in [0.25, 0.3) is 11.1 Å². The van der Waals surface area contributed by atoms with E-state index >= 15 is 0 Å². The lowest BCUT2D eigenvalue weighted by Crippen LogP contribution is -2.41. The summed E-state index contributed by atoms with van der Waals surface area (Å²) >= 11 is 0. The molecule has 39 heavy (non-hydrogen) atoms. The fraction of sp³-hybridized carbons (Fsp3) is 0.156. The zero-order chi connectivity index (χ0) is 27.4. The van der Waals surface area contributed by atoms with E-state index in [0.717, 1.165) is 28.7 Å². The Morgan fingerprint density at radius 1 is 0.872 bits per heavy atom. The van der Waals surface area contributed by atoms with Crippen LogP contribution in [0.3, 0.4) is 0 Å². The van der Waals surface area contributed by atoms with E-state index in [2.05, 4.69) is 23.5 Å². The second-order valence-electron chi connectivity index (χ2n) is 9.54. The van der Waals surface area contributed by atoms with Gasteiger partial charge in [0.15, 0.2) is 0 Å². The maximum absolute atomic E-state index is 13.5. The molecule has 0 saturated heterocycles. The molecular weight excluding hydrogens is 492 g/mol. The number of carbonyl (C=O) groups is 3. The third kappa shape index (κ3) is 5.67. The molecule has 4 aromatic rings. The van der Waals surface area contributed by atoms with E-state index in [1.807, 2.05) is 30.3 Å². The standard InChI is InChI=1S/C32H28N2O5/c1-34(19-21-14-16-23(17-15-21)31(36)37)30(35)29(22-8-3-2-4-9-22)33-32(38)39-20-25-11-7-13-27-26-12-6-5-10-24(26)18-28(25)27/h2-17,29H,18-20H2,1H3,(H,33,38)(H,36,37). The first-order valence-corrected chi connectivity index (χ1v) is 12.6. The summed E-state index contributed by atoms with van der Waals surface area (Å²) in [5, 5.41) is 11.9. The molecule has 1 aliphatic carbocycles. The van der Waals surface area contributed by atoms with Gasteiger partial charge in [-0.25, -0.2) is 9.59 Å². The number of likely N-dealkylation sites (N-methyl/N-ethyl adjacent to an activating group) is 1. The second-order valence-corrected chi connectivity index (χ2v) is 9.54. The molecule has 0 aromatic heterocycles. The molecule has 0 radical (unpaired) electrons. The van der Waals surface area contributed by atoms with Crippen LogP contribution in [0.2, 0.25) is 0 Å². The molecule has 7 nitrogen and oxygen atoms in total. The molecular formula is C32H28N2O5. The van der Waals surface area contributed by atoms with Crippen LogP contribution in [-0.2, 0) is 29.1 Å². The molecule has 0 spiro atoms. The highest BCUT2D eigenvalue weighted by Crippen LogP contribution is 2.38. The number of rotatable bonds is 8. The van der Waals surface area contributed by atoms with Gasteiger partial charge in [0, 0.05) is 13.6 Å². The number of nitrogens with one attached hydrogen (secondary N) is 1. The fourth-order valence-electron chi connectivity index (χ4n) is 4.92. The van der Waals surface area contributed by atoms with Crippen molar-refractivity contribution >= 4 is 18.0 Å². The molecule has 1 aliphatic rings. The number of hydrogen-bond donors (Lipinski definition) is 2. The normalized spacial score (nSPS) is 12.1. The van der Waals surface area contributed by atoms with Crippen molar-refractivity contribution in [1.82, 2.24) is 10.2 Å². The maximum atomic E-state index is 13.5. The molecule has 2 amide bonds. The zero-order valence-corrected chi connectivity index (χ0v) is 21.5. The second kappa shape index (κ2) is 11.2. The van der Waals surface area contributed by atoms with Crippen molar-refractivity contribution < 1.29 is 24.2 Å². The molecule has 196 valence electrons. The number of carbonyl (C=O) groups excluding carboxylic acids is 2. The number of carboxylic acids is 1. The summed E-state index contributed by atoms with van der Waals surface area (Å²) in [5.41, 5.74) is 7.26. The van der Waals surface area contributed by atoms with E-state index in [1.165, 1.54) is 28.2 Å². The highest BCUT2D eigenvalue weighted by atomic mass is 16.5. The van der Waals surface area contributed by atoms with Crippen LogP contribution in [0.15, 0.2) is 97.1 Å². The number of carboxylic acid groups (broad SMARTS) is 1. The van der Waals surface area contributed by atoms with Crippen LogP contribution in [0, 0.1) is 0 Å². The lowest BCUT2D eigenvalue weighted by atomic mass is 10.0. The van der Waals surface area contributed by atoms with Crippen LogP contribution in [0.4, 0.5) is 4.79 Å². The predicted octanol–water partition coefficient (Wildman–Crippen LogP) is 5.58. The monoisotopic (exact) mass is 520 g/mol. The van der Waals surface area contributed by atoms with E-state index in [9.17, 15) is 14.4 Å². The average molecular weight is 521 g/mol. The molecule has 0 bridgehead atoms. The maximum Gasteiger partial charge on any atom is 0.408 e. The third-order valence-corrected chi connectivity index (χ3v) is 6.95. The van der Waals surface area contributed by atoms with Gasteiger partial charge < -0.3 is 20.1 Å². The van der Waals surface area contributed by atoms with Crippen molar-refractivity contribution in [2.24, 2.45) is 0 Å². The Morgan fingerprint density at radius 2 is 1.56 bits per heavy atom. The Morgan fingerprint density at radius 3 is 2.31 bits per heavy atom. The van der Waals surface area contributed by atoms with Crippen molar-refractivity contribution in [2.75, 3.05) is 7.05 Å². The van der Waals surface area contributed by atoms with Crippen LogP contribution >= 0.6 is 0 Å². The third-order valence-electron chi connectivity index (χ3n) is 6.95. The van der Waals surface area contributed by atoms with Gasteiger partial charge in [0.2, 0.25) is 5.91 Å². The molecule has 0 heterocycles. The quantitative estimate of drug-likeness (QED) is 0.278. The lowest BCUT2D eigenvalue weighted by molar-refractivity contribution is -0.132. The molecule has 7 heteroatoms. The van der Waals surface area contributed by atoms with E-state index in [1.54, 1.807) is 43.4 Å². The summed E-state index contributed by atoms with van der Waals surface area (Å²) in [6.45, 7) is 0.333. The Balaban J connectivity index is 1.27. The highest BCUT2D eigenvalue weighted by Gasteiger charge is 2.27. The van der Waals surface area contributed by atoms with Gasteiger partial charge in [0.25, 0.3) is 0 Å². The smallest absolute Gasteiger partial charge is 0.408 e. The minimum atomic E-state index is -1.01. The summed E-state index contributed by atoms with van der Waals surface area (Å²) in [6, 6.07) is 28.7. The number of benzene rings is 4. The predicted molar refractivity (Wildman–Crippen MR) is 147 cm³/mol. The summed E-state index contributed by atoms with van der Waals surface area (Å²) in [6.07, 6.45) is 0.0975. The number of hydrogen-bond acceptors (Lipinski definition) is 4. The van der Waals surface area contributed by atoms with Gasteiger partial charge in [-0.1, -0.05) is 84.9 Å². The van der Waals surface area contributed by atoms with E-state index in [0.29, 0.717) is 5.56 Å². The minimum absolute atomic E-state index is 0.0878. The summed E-state index contributed by atoms with van der Waals surface area (Å²) in [7, 11) is 1.64. The van der Waals surface area contributed by atoms with Crippen molar-refractivity contribution in [3.8, 4) is 11.1 Å². The van der Waals surface area contributed by atoms with Crippen LogP contribution in [0.5, 0.6) is 0 Å². The van der Waals surface area contributed by atoms with Gasteiger partial charge in [-0.2, -0.15) is 0 Å². The highest BCUT2D eigenvalue weighted by molar-refractivity contribution is 5.88. The van der Waals surface area contributed by atoms with Gasteiger partial charge >= 0.3 is 12.1 Å². The van der Waals surface area contributed by atoms with Crippen LogP contribution < -0.4 is 5.32 Å². The lowest BCUT2D eigenvalue weighted by Gasteiger charge is -2.25. The molecule has 0 saturated carbocycles. The largest absolute Gasteiger partial charge is 0.478 e. The van der Waals surface area contributed by atoms with Gasteiger partial charge in [-0.3, -0.25) is 4.79 Å². The van der Waals surface area contributed by atoms with Crippen molar-refractivity contribution in [2.45, 2.75) is 25.6 Å². The summed E-state index contributed by atoms with van der Waals surface area (Å²) in [5.74, 6) is -1.33. The van der Waals surface area contributed by atoms with Gasteiger partial charge in [-0.15, -0.1) is 0 Å². The zero-order valence-electron chi connectivity index (χ0n) is 21.5. The number of amides is 2. The Kier molecular flexibility index (Phi) is 7.41. The van der Waals surface area contributed by atoms with E-state index < -0.39 is 18.1 Å². The Labute approximate surface area is 226 Å². The molecule has 5 rings (SSSR count). The van der Waals surface area contributed by atoms with Crippen LogP contribution in [-0.4, -0.2) is 35.0 Å². The molecule has 4 aromatic carbocycles. The average Bonchev–Trinajstić information content (AvgIpc) is 3.34. The number of alkyl carbamates (subject to hydrolysis) is 1. The number of fused-ring (bicyclic) bond motifs is 3. The van der Waals surface area contributed by atoms with Crippen LogP contribution in [0.1, 0.15) is 44.2 Å². The number of ether oxygens (including phenoxy) is 1. The first-order chi connectivity index (χ1) is 18.9.